The van der Waals surface area contributed by atoms with E-state index in [4.69, 9.17) is 10.5 Å². The number of nitrogen functional groups attached to an aromatic ring is 1. The van der Waals surface area contributed by atoms with E-state index in [1.807, 2.05) is 12.1 Å². The standard InChI is InChI=1S/C14H19N3O/c1-2-3-12-4-6-14(7-5-12)18-9-8-17-11-13(15)10-16-17/h4-7,10-11H,2-3,8-9,15H2,1H3. The molecule has 0 saturated heterocycles. The summed E-state index contributed by atoms with van der Waals surface area (Å²) < 4.78 is 7.43. The molecule has 0 aliphatic heterocycles. The van der Waals surface area contributed by atoms with E-state index < -0.39 is 0 Å². The van der Waals surface area contributed by atoms with Crippen LogP contribution in [-0.2, 0) is 13.0 Å². The Kier molecular flexibility index (Phi) is 4.23. The summed E-state index contributed by atoms with van der Waals surface area (Å²) in [6.45, 7) is 3.47. The van der Waals surface area contributed by atoms with Gasteiger partial charge in [-0.15, -0.1) is 0 Å². The van der Waals surface area contributed by atoms with Crippen molar-refractivity contribution in [1.82, 2.24) is 9.78 Å². The molecular weight excluding hydrogens is 226 g/mol. The molecule has 0 aliphatic carbocycles. The number of hydrogen-bond donors (Lipinski definition) is 1. The van der Waals surface area contributed by atoms with Crippen LogP contribution in [-0.4, -0.2) is 16.4 Å². The number of nitrogens with two attached hydrogens (primary N) is 1. The van der Waals surface area contributed by atoms with Gasteiger partial charge in [-0.05, 0) is 24.1 Å². The first-order chi connectivity index (χ1) is 8.78. The van der Waals surface area contributed by atoms with E-state index in [2.05, 4.69) is 24.2 Å². The summed E-state index contributed by atoms with van der Waals surface area (Å²) in [5.41, 5.74) is 7.61. The Morgan fingerprint density at radius 2 is 2.06 bits per heavy atom. The highest BCUT2D eigenvalue weighted by Gasteiger charge is 1.97. The zero-order valence-electron chi connectivity index (χ0n) is 10.7. The molecule has 96 valence electrons. The van der Waals surface area contributed by atoms with E-state index in [1.165, 1.54) is 12.0 Å². The Morgan fingerprint density at radius 3 is 2.67 bits per heavy atom. The van der Waals surface area contributed by atoms with Gasteiger partial charge in [0.05, 0.1) is 18.4 Å². The molecule has 0 aliphatic rings. The lowest BCUT2D eigenvalue weighted by Crippen LogP contribution is -2.08. The minimum atomic E-state index is 0.592. The fourth-order valence-electron chi connectivity index (χ4n) is 1.80. The minimum Gasteiger partial charge on any atom is -0.492 e. The second-order valence-electron chi connectivity index (χ2n) is 4.28. The third kappa shape index (κ3) is 3.52. The average molecular weight is 245 g/mol. The van der Waals surface area contributed by atoms with Crippen molar-refractivity contribution in [2.45, 2.75) is 26.3 Å². The maximum atomic E-state index is 5.65. The fraction of sp³-hybridized carbons (Fsp3) is 0.357. The first-order valence-corrected chi connectivity index (χ1v) is 6.27. The Labute approximate surface area is 107 Å². The monoisotopic (exact) mass is 245 g/mol. The summed E-state index contributed by atoms with van der Waals surface area (Å²) >= 11 is 0. The number of ether oxygens (including phenoxy) is 1. The highest BCUT2D eigenvalue weighted by Crippen LogP contribution is 2.13. The normalized spacial score (nSPS) is 10.5. The molecule has 2 rings (SSSR count). The zero-order chi connectivity index (χ0) is 12.8. The summed E-state index contributed by atoms with van der Waals surface area (Å²) in [4.78, 5) is 0. The van der Waals surface area contributed by atoms with Crippen LogP contribution >= 0.6 is 0 Å². The van der Waals surface area contributed by atoms with Crippen molar-refractivity contribution in [2.24, 2.45) is 0 Å². The van der Waals surface area contributed by atoms with E-state index in [0.29, 0.717) is 18.8 Å². The van der Waals surface area contributed by atoms with Gasteiger partial charge < -0.3 is 10.5 Å². The summed E-state index contributed by atoms with van der Waals surface area (Å²) in [6.07, 6.45) is 5.72. The van der Waals surface area contributed by atoms with Crippen molar-refractivity contribution in [3.8, 4) is 5.75 Å². The third-order valence-electron chi connectivity index (χ3n) is 2.70. The number of benzene rings is 1. The molecule has 0 atom stereocenters. The van der Waals surface area contributed by atoms with Gasteiger partial charge in [0, 0.05) is 6.20 Å². The zero-order valence-corrected chi connectivity index (χ0v) is 10.7. The molecule has 0 saturated carbocycles. The van der Waals surface area contributed by atoms with Crippen molar-refractivity contribution in [3.05, 3.63) is 42.2 Å². The van der Waals surface area contributed by atoms with Crippen LogP contribution in [0.4, 0.5) is 5.69 Å². The molecule has 2 aromatic rings. The molecule has 4 heteroatoms. The summed E-state index contributed by atoms with van der Waals surface area (Å²) in [6, 6.07) is 8.26. The number of nitrogens with zero attached hydrogens (tertiary/aromatic N) is 2. The van der Waals surface area contributed by atoms with E-state index in [1.54, 1.807) is 17.1 Å². The number of aryl methyl sites for hydroxylation is 1. The molecule has 4 nitrogen and oxygen atoms in total. The molecule has 1 aromatic heterocycles. The van der Waals surface area contributed by atoms with Gasteiger partial charge >= 0.3 is 0 Å². The van der Waals surface area contributed by atoms with E-state index >= 15 is 0 Å². The number of hydrogen-bond acceptors (Lipinski definition) is 3. The van der Waals surface area contributed by atoms with Crippen LogP contribution in [0.3, 0.4) is 0 Å². The molecule has 0 bridgehead atoms. The van der Waals surface area contributed by atoms with Crippen LogP contribution in [0.25, 0.3) is 0 Å². The molecule has 1 heterocycles. The first-order valence-electron chi connectivity index (χ1n) is 6.27. The molecule has 0 spiro atoms. The van der Waals surface area contributed by atoms with Gasteiger partial charge in [0.2, 0.25) is 0 Å². The third-order valence-corrected chi connectivity index (χ3v) is 2.70. The van der Waals surface area contributed by atoms with Crippen molar-refractivity contribution in [2.75, 3.05) is 12.3 Å². The smallest absolute Gasteiger partial charge is 0.119 e. The van der Waals surface area contributed by atoms with Gasteiger partial charge in [-0.2, -0.15) is 5.10 Å². The Morgan fingerprint density at radius 1 is 1.28 bits per heavy atom. The van der Waals surface area contributed by atoms with Gasteiger partial charge in [-0.1, -0.05) is 25.5 Å². The minimum absolute atomic E-state index is 0.592. The van der Waals surface area contributed by atoms with Crippen LogP contribution in [0.15, 0.2) is 36.7 Å². The second kappa shape index (κ2) is 6.10. The summed E-state index contributed by atoms with van der Waals surface area (Å²) in [5, 5.41) is 4.10. The molecule has 0 unspecified atom stereocenters. The fourth-order valence-corrected chi connectivity index (χ4v) is 1.80. The van der Waals surface area contributed by atoms with Crippen LogP contribution in [0.2, 0.25) is 0 Å². The molecule has 0 amide bonds. The first kappa shape index (κ1) is 12.5. The Bertz CT molecular complexity index is 476. The number of aromatic nitrogens is 2. The Hall–Kier alpha value is -1.97. The van der Waals surface area contributed by atoms with Crippen molar-refractivity contribution in [3.63, 3.8) is 0 Å². The molecule has 1 aromatic carbocycles. The maximum absolute atomic E-state index is 5.65. The molecule has 18 heavy (non-hydrogen) atoms. The van der Waals surface area contributed by atoms with E-state index in [0.717, 1.165) is 12.2 Å². The highest BCUT2D eigenvalue weighted by atomic mass is 16.5. The van der Waals surface area contributed by atoms with Crippen molar-refractivity contribution < 1.29 is 4.74 Å². The molecule has 0 fully saturated rings. The lowest BCUT2D eigenvalue weighted by Gasteiger charge is -2.07. The topological polar surface area (TPSA) is 53.1 Å². The average Bonchev–Trinajstić information content (AvgIpc) is 2.78. The van der Waals surface area contributed by atoms with Crippen LogP contribution in [0.5, 0.6) is 5.75 Å². The van der Waals surface area contributed by atoms with Crippen LogP contribution in [0, 0.1) is 0 Å². The van der Waals surface area contributed by atoms with Gasteiger partial charge in [0.15, 0.2) is 0 Å². The number of rotatable bonds is 6. The molecular formula is C14H19N3O. The van der Waals surface area contributed by atoms with Crippen molar-refractivity contribution >= 4 is 5.69 Å². The van der Waals surface area contributed by atoms with Gasteiger partial charge in [-0.3, -0.25) is 4.68 Å². The summed E-state index contributed by atoms with van der Waals surface area (Å²) in [7, 11) is 0. The summed E-state index contributed by atoms with van der Waals surface area (Å²) in [5.74, 6) is 0.898. The molecule has 0 radical (unpaired) electrons. The van der Waals surface area contributed by atoms with Gasteiger partial charge in [0.1, 0.15) is 12.4 Å². The quantitative estimate of drug-likeness (QED) is 0.850. The van der Waals surface area contributed by atoms with Crippen molar-refractivity contribution in [1.29, 1.82) is 0 Å². The van der Waals surface area contributed by atoms with Gasteiger partial charge in [0.25, 0.3) is 0 Å². The highest BCUT2D eigenvalue weighted by molar-refractivity contribution is 5.30. The predicted octanol–water partition coefficient (Wildman–Crippen LogP) is 2.50. The van der Waals surface area contributed by atoms with Crippen LogP contribution < -0.4 is 10.5 Å². The lowest BCUT2D eigenvalue weighted by molar-refractivity contribution is 0.291. The van der Waals surface area contributed by atoms with E-state index in [-0.39, 0.29) is 0 Å². The Balaban J connectivity index is 1.79. The second-order valence-corrected chi connectivity index (χ2v) is 4.28. The predicted molar refractivity (Wildman–Crippen MR) is 72.6 cm³/mol. The van der Waals surface area contributed by atoms with E-state index in [9.17, 15) is 0 Å². The lowest BCUT2D eigenvalue weighted by atomic mass is 10.1. The largest absolute Gasteiger partial charge is 0.492 e. The molecule has 2 N–H and O–H groups in total. The SMILES string of the molecule is CCCc1ccc(OCCn2cc(N)cn2)cc1. The maximum Gasteiger partial charge on any atom is 0.119 e. The van der Waals surface area contributed by atoms with Gasteiger partial charge in [-0.25, -0.2) is 0 Å². The van der Waals surface area contributed by atoms with Crippen LogP contribution in [0.1, 0.15) is 18.9 Å². The number of anilines is 1.